The molecular weight excluding hydrogens is 220 g/mol. The molecule has 0 aromatic carbocycles. The molecular formula is C8H10N2S3. The number of likely N-dealkylation sites (N-methyl/N-ethyl adjacent to an activating group) is 2. The van der Waals surface area contributed by atoms with Crippen LogP contribution in [0.3, 0.4) is 0 Å². The minimum absolute atomic E-state index is 0.153. The summed E-state index contributed by atoms with van der Waals surface area (Å²) in [5.74, 6) is 5.26. The van der Waals surface area contributed by atoms with E-state index in [1.807, 2.05) is 22.7 Å². The first-order valence-electron chi connectivity index (χ1n) is 3.60. The van der Waals surface area contributed by atoms with Crippen LogP contribution in [0.25, 0.3) is 0 Å². The van der Waals surface area contributed by atoms with E-state index in [0.29, 0.717) is 0 Å². The van der Waals surface area contributed by atoms with Gasteiger partial charge in [0.05, 0.1) is 0 Å². The van der Waals surface area contributed by atoms with Gasteiger partial charge in [-0.2, -0.15) is 0 Å². The van der Waals surface area contributed by atoms with Gasteiger partial charge in [-0.1, -0.05) is 11.8 Å². The SMILES string of the molecule is C#CC1C(C#C)N(C)S(=S)(=S)N1C. The van der Waals surface area contributed by atoms with Crippen LogP contribution in [0.4, 0.5) is 0 Å². The van der Waals surface area contributed by atoms with Gasteiger partial charge >= 0.3 is 0 Å². The summed E-state index contributed by atoms with van der Waals surface area (Å²) < 4.78 is 3.70. The van der Waals surface area contributed by atoms with Gasteiger partial charge in [-0.15, -0.1) is 12.8 Å². The lowest BCUT2D eigenvalue weighted by Crippen LogP contribution is -2.32. The van der Waals surface area contributed by atoms with E-state index in [1.165, 1.54) is 0 Å². The highest BCUT2D eigenvalue weighted by atomic mass is 33.1. The van der Waals surface area contributed by atoms with Crippen molar-refractivity contribution in [3.05, 3.63) is 0 Å². The first-order valence-corrected chi connectivity index (χ1v) is 6.99. The van der Waals surface area contributed by atoms with Crippen LogP contribution in [0.2, 0.25) is 0 Å². The molecule has 0 aromatic heterocycles. The Kier molecular flexibility index (Phi) is 2.96. The Morgan fingerprint density at radius 1 is 1.08 bits per heavy atom. The van der Waals surface area contributed by atoms with E-state index in [4.69, 9.17) is 35.2 Å². The van der Waals surface area contributed by atoms with Crippen molar-refractivity contribution >= 4 is 29.9 Å². The van der Waals surface area contributed by atoms with Crippen LogP contribution in [0.5, 0.6) is 0 Å². The standard InChI is InChI=1S/C8H10N2S3/c1-5-7-8(6-2)10(4)13(11,12)9(7)3/h1-2,7-8H,3-4H3. The molecule has 0 bridgehead atoms. The minimum Gasteiger partial charge on any atom is -0.218 e. The maximum absolute atomic E-state index is 5.38. The molecule has 2 nitrogen and oxygen atoms in total. The normalized spacial score (nSPS) is 33.8. The Morgan fingerprint density at radius 3 is 1.62 bits per heavy atom. The molecule has 0 N–H and O–H groups in total. The van der Waals surface area contributed by atoms with Gasteiger partial charge in [0.1, 0.15) is 12.1 Å². The molecule has 0 aromatic rings. The molecule has 1 rings (SSSR count). The lowest BCUT2D eigenvalue weighted by Gasteiger charge is -2.18. The van der Waals surface area contributed by atoms with Gasteiger partial charge < -0.3 is 0 Å². The molecule has 1 heterocycles. The van der Waals surface area contributed by atoms with E-state index in [-0.39, 0.29) is 12.1 Å². The molecule has 1 saturated heterocycles. The second kappa shape index (κ2) is 3.53. The summed E-state index contributed by atoms with van der Waals surface area (Å²) in [6.07, 6.45) is 10.8. The summed E-state index contributed by atoms with van der Waals surface area (Å²) in [7, 11) is 1.90. The summed E-state index contributed by atoms with van der Waals surface area (Å²) in [6, 6.07) is -0.306. The van der Waals surface area contributed by atoms with Gasteiger partial charge in [0.2, 0.25) is 0 Å². The molecule has 0 spiro atoms. The van der Waals surface area contributed by atoms with E-state index in [0.717, 1.165) is 0 Å². The maximum atomic E-state index is 5.38. The van der Waals surface area contributed by atoms with Crippen molar-refractivity contribution < 1.29 is 0 Å². The van der Waals surface area contributed by atoms with E-state index in [2.05, 4.69) is 11.8 Å². The lowest BCUT2D eigenvalue weighted by molar-refractivity contribution is 0.423. The molecule has 1 aliphatic rings. The van der Waals surface area contributed by atoms with Crippen LogP contribution in [0.1, 0.15) is 0 Å². The maximum Gasteiger partial charge on any atom is 0.110 e. The third-order valence-corrected chi connectivity index (χ3v) is 6.88. The fourth-order valence-corrected chi connectivity index (χ4v) is 3.73. The summed E-state index contributed by atoms with van der Waals surface area (Å²) in [4.78, 5) is 0. The van der Waals surface area contributed by atoms with Crippen molar-refractivity contribution in [3.63, 3.8) is 0 Å². The first kappa shape index (κ1) is 10.9. The molecule has 1 aliphatic heterocycles. The van der Waals surface area contributed by atoms with Crippen molar-refractivity contribution in [1.29, 1.82) is 0 Å². The summed E-state index contributed by atoms with van der Waals surface area (Å²) >= 11 is 10.6. The quantitative estimate of drug-likeness (QED) is 0.530. The van der Waals surface area contributed by atoms with Gasteiger partial charge in [0.15, 0.2) is 0 Å². The monoisotopic (exact) mass is 230 g/mol. The summed E-state index contributed by atoms with van der Waals surface area (Å²) in [6.45, 7) is 0. The average Bonchev–Trinajstić information content (AvgIpc) is 2.26. The van der Waals surface area contributed by atoms with Crippen LogP contribution in [-0.4, -0.2) is 34.8 Å². The highest BCUT2D eigenvalue weighted by Gasteiger charge is 2.40. The Bertz CT molecular complexity index is 353. The topological polar surface area (TPSA) is 6.48 Å². The fourth-order valence-electron chi connectivity index (χ4n) is 1.28. The minimum atomic E-state index is -1.78. The first-order chi connectivity index (χ1) is 5.96. The van der Waals surface area contributed by atoms with Crippen LogP contribution in [0.15, 0.2) is 0 Å². The lowest BCUT2D eigenvalue weighted by atomic mass is 10.1. The molecule has 2 unspecified atom stereocenters. The zero-order chi connectivity index (χ0) is 10.2. The zero-order valence-corrected chi connectivity index (χ0v) is 9.88. The molecule has 70 valence electrons. The number of rotatable bonds is 0. The zero-order valence-electron chi connectivity index (χ0n) is 7.43. The Balaban J connectivity index is 3.22. The largest absolute Gasteiger partial charge is 0.218 e. The molecule has 0 radical (unpaired) electrons. The highest BCUT2D eigenvalue weighted by molar-refractivity contribution is 8.54. The predicted molar refractivity (Wildman–Crippen MR) is 62.9 cm³/mol. The molecule has 13 heavy (non-hydrogen) atoms. The third-order valence-electron chi connectivity index (χ3n) is 2.15. The van der Waals surface area contributed by atoms with Gasteiger partial charge in [0.25, 0.3) is 0 Å². The molecule has 0 saturated carbocycles. The van der Waals surface area contributed by atoms with Gasteiger partial charge in [-0.3, -0.25) is 0 Å². The second-order valence-corrected chi connectivity index (χ2v) is 8.23. The van der Waals surface area contributed by atoms with Crippen LogP contribution >= 0.6 is 0 Å². The van der Waals surface area contributed by atoms with Crippen LogP contribution < -0.4 is 0 Å². The summed E-state index contributed by atoms with van der Waals surface area (Å²) in [5, 5.41) is 0. The average molecular weight is 230 g/mol. The van der Waals surface area contributed by atoms with Crippen molar-refractivity contribution in [1.82, 2.24) is 8.61 Å². The number of nitrogens with zero attached hydrogens (tertiary/aromatic N) is 2. The van der Waals surface area contributed by atoms with E-state index >= 15 is 0 Å². The van der Waals surface area contributed by atoms with Crippen molar-refractivity contribution in [3.8, 4) is 24.7 Å². The van der Waals surface area contributed by atoms with E-state index in [1.54, 1.807) is 0 Å². The van der Waals surface area contributed by atoms with Crippen LogP contribution in [0, 0.1) is 24.7 Å². The third kappa shape index (κ3) is 1.48. The summed E-state index contributed by atoms with van der Waals surface area (Å²) in [5.41, 5.74) is 0. The predicted octanol–water partition coefficient (Wildman–Crippen LogP) is -0.225. The molecule has 1 fully saturated rings. The van der Waals surface area contributed by atoms with Crippen molar-refractivity contribution in [2.75, 3.05) is 14.1 Å². The molecule has 0 aliphatic carbocycles. The van der Waals surface area contributed by atoms with Crippen molar-refractivity contribution in [2.24, 2.45) is 0 Å². The van der Waals surface area contributed by atoms with Gasteiger partial charge in [-0.05, 0) is 22.4 Å². The fraction of sp³-hybridized carbons (Fsp3) is 0.500. The molecule has 5 heteroatoms. The molecule has 0 amide bonds. The number of terminal acetylenes is 2. The molecule has 2 atom stereocenters. The van der Waals surface area contributed by atoms with E-state index in [9.17, 15) is 0 Å². The second-order valence-electron chi connectivity index (χ2n) is 2.76. The van der Waals surface area contributed by atoms with Crippen molar-refractivity contribution in [2.45, 2.75) is 12.1 Å². The van der Waals surface area contributed by atoms with Gasteiger partial charge in [0, 0.05) is 21.6 Å². The van der Waals surface area contributed by atoms with E-state index < -0.39 is 7.52 Å². The Morgan fingerprint density at radius 2 is 1.38 bits per heavy atom. The Labute approximate surface area is 89.4 Å². The van der Waals surface area contributed by atoms with Crippen LogP contribution in [-0.2, 0) is 29.9 Å². The smallest absolute Gasteiger partial charge is 0.110 e. The number of hydrogen-bond donors (Lipinski definition) is 0. The number of hydrogen-bond acceptors (Lipinski definition) is 2. The van der Waals surface area contributed by atoms with Gasteiger partial charge in [-0.25, -0.2) is 8.61 Å². The highest BCUT2D eigenvalue weighted by Crippen LogP contribution is 2.25. The Hall–Kier alpha value is -0.170.